The van der Waals surface area contributed by atoms with Gasteiger partial charge in [0.2, 0.25) is 11.6 Å². The second-order valence-electron chi connectivity index (χ2n) is 9.63. The zero-order valence-corrected chi connectivity index (χ0v) is 19.1. The molecule has 0 radical (unpaired) electrons. The third-order valence-electron chi connectivity index (χ3n) is 5.61. The lowest BCUT2D eigenvalue weighted by Crippen LogP contribution is -2.45. The van der Waals surface area contributed by atoms with E-state index in [9.17, 15) is 9.59 Å². The first-order valence-corrected chi connectivity index (χ1v) is 11.0. The van der Waals surface area contributed by atoms with Gasteiger partial charge in [0.15, 0.2) is 0 Å². The summed E-state index contributed by atoms with van der Waals surface area (Å²) in [6, 6.07) is 19.1. The van der Waals surface area contributed by atoms with Crippen molar-refractivity contribution >= 4 is 11.6 Å². The van der Waals surface area contributed by atoms with Crippen LogP contribution >= 0.6 is 0 Å². The van der Waals surface area contributed by atoms with Crippen molar-refractivity contribution in [2.24, 2.45) is 0 Å². The van der Waals surface area contributed by atoms with Crippen LogP contribution in [0.4, 0.5) is 0 Å². The van der Waals surface area contributed by atoms with Gasteiger partial charge in [-0.1, -0.05) is 60.7 Å². The molecule has 0 aromatic heterocycles. The van der Waals surface area contributed by atoms with Gasteiger partial charge < -0.3 is 8.97 Å². The standard InChI is InChI=1S/C26H38N2O2/c1-27(2,21-25(29)23-15-9-7-10-16-23)19-13-5-6-14-20-28(3,4)22-26(30)24-17-11-8-12-18-24/h7-12,15-18H,5-6,13-14,19-22H2,1-4H3/q+2. The van der Waals surface area contributed by atoms with Crippen molar-refractivity contribution in [1.29, 1.82) is 0 Å². The highest BCUT2D eigenvalue weighted by atomic mass is 16.1. The van der Waals surface area contributed by atoms with Crippen molar-refractivity contribution < 1.29 is 18.6 Å². The molecule has 2 aromatic carbocycles. The topological polar surface area (TPSA) is 34.1 Å². The molecular weight excluding hydrogens is 372 g/mol. The van der Waals surface area contributed by atoms with E-state index < -0.39 is 0 Å². The van der Waals surface area contributed by atoms with Gasteiger partial charge in [-0.3, -0.25) is 9.59 Å². The number of nitrogens with zero attached hydrogens (tertiary/aromatic N) is 2. The molecule has 0 fully saturated rings. The molecule has 2 rings (SSSR count). The van der Waals surface area contributed by atoms with E-state index in [4.69, 9.17) is 0 Å². The first-order valence-electron chi connectivity index (χ1n) is 11.0. The minimum Gasteiger partial charge on any atom is -0.322 e. The molecule has 30 heavy (non-hydrogen) atoms. The molecule has 0 aliphatic rings. The zero-order chi connectivity index (χ0) is 22.0. The Labute approximate surface area is 182 Å². The molecule has 0 bridgehead atoms. The van der Waals surface area contributed by atoms with Gasteiger partial charge in [0.05, 0.1) is 41.3 Å². The summed E-state index contributed by atoms with van der Waals surface area (Å²) in [4.78, 5) is 24.9. The molecule has 0 spiro atoms. The van der Waals surface area contributed by atoms with E-state index in [1.807, 2.05) is 60.7 Å². The van der Waals surface area contributed by atoms with Crippen molar-refractivity contribution in [1.82, 2.24) is 0 Å². The van der Waals surface area contributed by atoms with Gasteiger partial charge in [0, 0.05) is 11.1 Å². The van der Waals surface area contributed by atoms with E-state index in [2.05, 4.69) is 28.2 Å². The highest BCUT2D eigenvalue weighted by Gasteiger charge is 2.22. The maximum Gasteiger partial charge on any atom is 0.216 e. The fourth-order valence-electron chi connectivity index (χ4n) is 3.80. The maximum absolute atomic E-state index is 12.5. The lowest BCUT2D eigenvalue weighted by Gasteiger charge is -2.30. The minimum atomic E-state index is 0.211. The fourth-order valence-corrected chi connectivity index (χ4v) is 3.80. The molecular formula is C26H38N2O2+2. The number of benzene rings is 2. The fraction of sp³-hybridized carbons (Fsp3) is 0.462. The van der Waals surface area contributed by atoms with Crippen molar-refractivity contribution in [3.8, 4) is 0 Å². The molecule has 4 nitrogen and oxygen atoms in total. The third-order valence-corrected chi connectivity index (χ3v) is 5.61. The van der Waals surface area contributed by atoms with Crippen LogP contribution in [0.3, 0.4) is 0 Å². The Kier molecular flexibility index (Phi) is 8.94. The monoisotopic (exact) mass is 410 g/mol. The second kappa shape index (κ2) is 11.2. The van der Waals surface area contributed by atoms with E-state index >= 15 is 0 Å². The number of Topliss-reactive ketones (excluding diaryl/α,β-unsaturated/α-hetero) is 2. The van der Waals surface area contributed by atoms with E-state index in [0.29, 0.717) is 13.1 Å². The van der Waals surface area contributed by atoms with Gasteiger partial charge in [0.25, 0.3) is 0 Å². The van der Waals surface area contributed by atoms with Gasteiger partial charge in [-0.2, -0.15) is 0 Å². The van der Waals surface area contributed by atoms with Crippen molar-refractivity contribution in [2.75, 3.05) is 54.4 Å². The van der Waals surface area contributed by atoms with Crippen molar-refractivity contribution in [2.45, 2.75) is 25.7 Å². The van der Waals surface area contributed by atoms with Crippen LogP contribution in [0.2, 0.25) is 0 Å². The normalized spacial score (nSPS) is 12.0. The average molecular weight is 411 g/mol. The number of likely N-dealkylation sites (N-methyl/N-ethyl adjacent to an activating group) is 2. The van der Waals surface area contributed by atoms with Crippen LogP contribution in [0.25, 0.3) is 0 Å². The predicted octanol–water partition coefficient (Wildman–Crippen LogP) is 4.47. The van der Waals surface area contributed by atoms with Crippen LogP contribution in [0.5, 0.6) is 0 Å². The molecule has 162 valence electrons. The quantitative estimate of drug-likeness (QED) is 0.277. The molecule has 0 atom stereocenters. The minimum absolute atomic E-state index is 0.211. The largest absolute Gasteiger partial charge is 0.322 e. The Morgan fingerprint density at radius 2 is 0.900 bits per heavy atom. The number of unbranched alkanes of at least 4 members (excludes halogenated alkanes) is 3. The third kappa shape index (κ3) is 8.60. The molecule has 0 saturated heterocycles. The van der Waals surface area contributed by atoms with E-state index in [1.54, 1.807) is 0 Å². The van der Waals surface area contributed by atoms with Crippen molar-refractivity contribution in [3.05, 3.63) is 71.8 Å². The summed E-state index contributed by atoms with van der Waals surface area (Å²) in [5.41, 5.74) is 1.60. The zero-order valence-electron chi connectivity index (χ0n) is 19.1. The first kappa shape index (κ1) is 24.0. The number of hydrogen-bond donors (Lipinski definition) is 0. The Morgan fingerprint density at radius 3 is 1.23 bits per heavy atom. The molecule has 0 amide bonds. The lowest BCUT2D eigenvalue weighted by atomic mass is 10.1. The van der Waals surface area contributed by atoms with E-state index in [0.717, 1.165) is 58.9 Å². The molecule has 0 heterocycles. The molecule has 0 N–H and O–H groups in total. The molecule has 2 aromatic rings. The summed E-state index contributed by atoms with van der Waals surface area (Å²) < 4.78 is 1.45. The molecule has 0 saturated carbocycles. The number of quaternary nitrogens is 2. The van der Waals surface area contributed by atoms with E-state index in [-0.39, 0.29) is 11.6 Å². The number of carbonyl (C=O) groups excluding carboxylic acids is 2. The Hall–Kier alpha value is -2.30. The Balaban J connectivity index is 1.64. The average Bonchev–Trinajstić information content (AvgIpc) is 2.71. The number of ketones is 2. The van der Waals surface area contributed by atoms with Gasteiger partial charge >= 0.3 is 0 Å². The van der Waals surface area contributed by atoms with Gasteiger partial charge in [-0.25, -0.2) is 0 Å². The SMILES string of the molecule is C[N+](C)(CCCCCC[N+](C)(C)CC(=O)c1ccccc1)CC(=O)c1ccccc1. The summed E-state index contributed by atoms with van der Waals surface area (Å²) in [6.07, 6.45) is 4.55. The van der Waals surface area contributed by atoms with Crippen LogP contribution in [0.1, 0.15) is 46.4 Å². The maximum atomic E-state index is 12.5. The summed E-state index contributed by atoms with van der Waals surface area (Å²) in [6.45, 7) is 3.08. The molecule has 0 unspecified atom stereocenters. The number of rotatable bonds is 13. The van der Waals surface area contributed by atoms with Crippen LogP contribution in [0, 0.1) is 0 Å². The predicted molar refractivity (Wildman–Crippen MR) is 124 cm³/mol. The highest BCUT2D eigenvalue weighted by Crippen LogP contribution is 2.11. The van der Waals surface area contributed by atoms with Crippen LogP contribution in [0.15, 0.2) is 60.7 Å². The van der Waals surface area contributed by atoms with Crippen LogP contribution in [-0.2, 0) is 0 Å². The number of carbonyl (C=O) groups is 2. The van der Waals surface area contributed by atoms with Gasteiger partial charge in [-0.15, -0.1) is 0 Å². The lowest BCUT2D eigenvalue weighted by molar-refractivity contribution is -0.882. The highest BCUT2D eigenvalue weighted by molar-refractivity contribution is 5.97. The van der Waals surface area contributed by atoms with Crippen LogP contribution < -0.4 is 0 Å². The van der Waals surface area contributed by atoms with E-state index in [1.165, 1.54) is 0 Å². The van der Waals surface area contributed by atoms with Crippen molar-refractivity contribution in [3.63, 3.8) is 0 Å². The Morgan fingerprint density at radius 1 is 0.567 bits per heavy atom. The summed E-state index contributed by atoms with van der Waals surface area (Å²) in [5.74, 6) is 0.422. The summed E-state index contributed by atoms with van der Waals surface area (Å²) in [5, 5.41) is 0. The Bertz CT molecular complexity index is 729. The van der Waals surface area contributed by atoms with Gasteiger partial charge in [0.1, 0.15) is 13.1 Å². The molecule has 4 heteroatoms. The number of hydrogen-bond acceptors (Lipinski definition) is 2. The smallest absolute Gasteiger partial charge is 0.216 e. The molecule has 0 aliphatic carbocycles. The molecule has 0 aliphatic heterocycles. The summed E-state index contributed by atoms with van der Waals surface area (Å²) in [7, 11) is 8.54. The van der Waals surface area contributed by atoms with Crippen LogP contribution in [-0.4, -0.2) is 74.9 Å². The second-order valence-corrected chi connectivity index (χ2v) is 9.63. The summed E-state index contributed by atoms with van der Waals surface area (Å²) >= 11 is 0. The van der Waals surface area contributed by atoms with Gasteiger partial charge in [-0.05, 0) is 25.7 Å². The first-order chi connectivity index (χ1) is 14.2.